The Labute approximate surface area is 134 Å². The molecule has 1 heterocycles. The third-order valence-electron chi connectivity index (χ3n) is 3.65. The largest absolute Gasteiger partial charge is 0.342 e. The molecule has 0 radical (unpaired) electrons. The van der Waals surface area contributed by atoms with E-state index in [2.05, 4.69) is 35.1 Å². The van der Waals surface area contributed by atoms with Crippen LogP contribution in [0.5, 0.6) is 0 Å². The number of hydrogen-bond donors (Lipinski definition) is 1. The second kappa shape index (κ2) is 7.07. The van der Waals surface area contributed by atoms with Gasteiger partial charge in [-0.1, -0.05) is 35.8 Å². The molecule has 2 rings (SSSR count). The Balaban J connectivity index is 1.90. The van der Waals surface area contributed by atoms with Gasteiger partial charge in [-0.25, -0.2) is 0 Å². The van der Waals surface area contributed by atoms with Gasteiger partial charge in [0.05, 0.1) is 5.92 Å². The van der Waals surface area contributed by atoms with Crippen LogP contribution in [-0.4, -0.2) is 29.8 Å². The maximum atomic E-state index is 12.2. The quantitative estimate of drug-likeness (QED) is 0.883. The number of anilines is 1. The van der Waals surface area contributed by atoms with Crippen LogP contribution in [-0.2, 0) is 9.59 Å². The van der Waals surface area contributed by atoms with Crippen LogP contribution in [0.4, 0.5) is 5.69 Å². The highest BCUT2D eigenvalue weighted by Crippen LogP contribution is 2.22. The lowest BCUT2D eigenvalue weighted by molar-refractivity contribution is -0.128. The first kappa shape index (κ1) is 16.0. The molecule has 1 aromatic carbocycles. The SMILES string of the molecule is CC(C)CCN1CC(C(=O)Nc2cccc(Br)c2)CC1=O. The van der Waals surface area contributed by atoms with Crippen molar-refractivity contribution in [1.29, 1.82) is 0 Å². The van der Waals surface area contributed by atoms with Crippen LogP contribution >= 0.6 is 15.9 Å². The number of likely N-dealkylation sites (tertiary alicyclic amines) is 1. The monoisotopic (exact) mass is 352 g/mol. The zero-order valence-corrected chi connectivity index (χ0v) is 14.0. The fraction of sp³-hybridized carbons (Fsp3) is 0.500. The maximum Gasteiger partial charge on any atom is 0.229 e. The highest BCUT2D eigenvalue weighted by Gasteiger charge is 2.34. The van der Waals surface area contributed by atoms with Crippen molar-refractivity contribution in [1.82, 2.24) is 4.90 Å². The lowest BCUT2D eigenvalue weighted by Crippen LogP contribution is -2.29. The van der Waals surface area contributed by atoms with E-state index in [4.69, 9.17) is 0 Å². The van der Waals surface area contributed by atoms with Gasteiger partial charge < -0.3 is 10.2 Å². The van der Waals surface area contributed by atoms with Crippen LogP contribution in [0, 0.1) is 11.8 Å². The lowest BCUT2D eigenvalue weighted by Gasteiger charge is -2.17. The molecule has 1 aliphatic heterocycles. The van der Waals surface area contributed by atoms with Crippen LogP contribution in [0.1, 0.15) is 26.7 Å². The number of hydrogen-bond acceptors (Lipinski definition) is 2. The van der Waals surface area contributed by atoms with Gasteiger partial charge in [0.15, 0.2) is 0 Å². The minimum absolute atomic E-state index is 0.0755. The second-order valence-electron chi connectivity index (χ2n) is 5.92. The van der Waals surface area contributed by atoms with Gasteiger partial charge in [-0.2, -0.15) is 0 Å². The van der Waals surface area contributed by atoms with E-state index in [0.29, 0.717) is 18.9 Å². The Morgan fingerprint density at radius 2 is 2.24 bits per heavy atom. The van der Waals surface area contributed by atoms with Gasteiger partial charge in [0, 0.05) is 29.7 Å². The van der Waals surface area contributed by atoms with Crippen molar-refractivity contribution >= 4 is 33.4 Å². The van der Waals surface area contributed by atoms with Crippen molar-refractivity contribution in [3.63, 3.8) is 0 Å². The van der Waals surface area contributed by atoms with Crippen molar-refractivity contribution in [3.05, 3.63) is 28.7 Å². The molecule has 114 valence electrons. The average Bonchev–Trinajstić information content (AvgIpc) is 2.78. The van der Waals surface area contributed by atoms with Gasteiger partial charge in [-0.05, 0) is 30.5 Å². The van der Waals surface area contributed by atoms with Crippen LogP contribution in [0.2, 0.25) is 0 Å². The second-order valence-corrected chi connectivity index (χ2v) is 6.84. The topological polar surface area (TPSA) is 49.4 Å². The molecule has 0 spiro atoms. The van der Waals surface area contributed by atoms with Gasteiger partial charge in [0.2, 0.25) is 11.8 Å². The molecule has 2 amide bonds. The molecular formula is C16H21BrN2O2. The van der Waals surface area contributed by atoms with Crippen LogP contribution in [0.3, 0.4) is 0 Å². The molecule has 21 heavy (non-hydrogen) atoms. The molecule has 1 aliphatic rings. The minimum atomic E-state index is -0.247. The molecule has 0 saturated carbocycles. The average molecular weight is 353 g/mol. The van der Waals surface area contributed by atoms with Gasteiger partial charge in [0.1, 0.15) is 0 Å². The van der Waals surface area contributed by atoms with Crippen LogP contribution in [0.25, 0.3) is 0 Å². The zero-order valence-electron chi connectivity index (χ0n) is 12.4. The lowest BCUT2D eigenvalue weighted by atomic mass is 10.1. The summed E-state index contributed by atoms with van der Waals surface area (Å²) in [5, 5.41) is 2.88. The third-order valence-corrected chi connectivity index (χ3v) is 4.15. The van der Waals surface area contributed by atoms with Crippen molar-refractivity contribution in [2.24, 2.45) is 11.8 Å². The molecule has 0 aliphatic carbocycles. The van der Waals surface area contributed by atoms with E-state index in [-0.39, 0.29) is 17.7 Å². The number of amides is 2. The summed E-state index contributed by atoms with van der Waals surface area (Å²) >= 11 is 3.38. The summed E-state index contributed by atoms with van der Waals surface area (Å²) in [6.07, 6.45) is 1.30. The maximum absolute atomic E-state index is 12.2. The van der Waals surface area contributed by atoms with Crippen molar-refractivity contribution in [2.45, 2.75) is 26.7 Å². The van der Waals surface area contributed by atoms with Gasteiger partial charge in [-0.3, -0.25) is 9.59 Å². The summed E-state index contributed by atoms with van der Waals surface area (Å²) in [7, 11) is 0. The molecule has 1 fully saturated rings. The van der Waals surface area contributed by atoms with E-state index in [9.17, 15) is 9.59 Å². The molecule has 1 N–H and O–H groups in total. The highest BCUT2D eigenvalue weighted by atomic mass is 79.9. The predicted octanol–water partition coefficient (Wildman–Crippen LogP) is 3.28. The Morgan fingerprint density at radius 1 is 1.48 bits per heavy atom. The standard InChI is InChI=1S/C16H21BrN2O2/c1-11(2)6-7-19-10-12(8-15(19)20)16(21)18-14-5-3-4-13(17)9-14/h3-5,9,11-12H,6-8,10H2,1-2H3,(H,18,21). The minimum Gasteiger partial charge on any atom is -0.342 e. The Morgan fingerprint density at radius 3 is 2.90 bits per heavy atom. The van der Waals surface area contributed by atoms with Crippen molar-refractivity contribution in [3.8, 4) is 0 Å². The van der Waals surface area contributed by atoms with Crippen LogP contribution in [0.15, 0.2) is 28.7 Å². The normalized spacial score (nSPS) is 18.4. The number of carbonyl (C=O) groups excluding carboxylic acids is 2. The summed E-state index contributed by atoms with van der Waals surface area (Å²) in [6, 6.07) is 7.47. The van der Waals surface area contributed by atoms with E-state index in [1.807, 2.05) is 29.2 Å². The van der Waals surface area contributed by atoms with E-state index in [1.54, 1.807) is 0 Å². The van der Waals surface area contributed by atoms with E-state index >= 15 is 0 Å². The molecule has 1 unspecified atom stereocenters. The first-order chi connectivity index (χ1) is 9.95. The molecule has 1 aromatic rings. The smallest absolute Gasteiger partial charge is 0.229 e. The number of halogens is 1. The first-order valence-electron chi connectivity index (χ1n) is 7.30. The van der Waals surface area contributed by atoms with Gasteiger partial charge >= 0.3 is 0 Å². The van der Waals surface area contributed by atoms with E-state index in [1.165, 1.54) is 0 Å². The van der Waals surface area contributed by atoms with Crippen molar-refractivity contribution in [2.75, 3.05) is 18.4 Å². The number of rotatable bonds is 5. The molecule has 4 nitrogen and oxygen atoms in total. The van der Waals surface area contributed by atoms with E-state index in [0.717, 1.165) is 23.1 Å². The zero-order chi connectivity index (χ0) is 15.4. The molecule has 5 heteroatoms. The number of nitrogens with zero attached hydrogens (tertiary/aromatic N) is 1. The Kier molecular flexibility index (Phi) is 5.39. The Hall–Kier alpha value is -1.36. The van der Waals surface area contributed by atoms with Gasteiger partial charge in [-0.15, -0.1) is 0 Å². The number of benzene rings is 1. The fourth-order valence-corrected chi connectivity index (χ4v) is 2.79. The third kappa shape index (κ3) is 4.56. The summed E-state index contributed by atoms with van der Waals surface area (Å²) in [5.41, 5.74) is 0.752. The van der Waals surface area contributed by atoms with Crippen LogP contribution < -0.4 is 5.32 Å². The highest BCUT2D eigenvalue weighted by molar-refractivity contribution is 9.10. The molecular weight excluding hydrogens is 332 g/mol. The van der Waals surface area contributed by atoms with Gasteiger partial charge in [0.25, 0.3) is 0 Å². The fourth-order valence-electron chi connectivity index (χ4n) is 2.39. The molecule has 0 aromatic heterocycles. The Bertz CT molecular complexity index is 531. The molecule has 1 saturated heterocycles. The summed E-state index contributed by atoms with van der Waals surface area (Å²) in [5.74, 6) is 0.328. The predicted molar refractivity (Wildman–Crippen MR) is 86.9 cm³/mol. The van der Waals surface area contributed by atoms with Crippen molar-refractivity contribution < 1.29 is 9.59 Å². The first-order valence-corrected chi connectivity index (χ1v) is 8.09. The molecule has 1 atom stereocenters. The summed E-state index contributed by atoms with van der Waals surface area (Å²) < 4.78 is 0.918. The number of nitrogens with one attached hydrogen (secondary N) is 1. The molecule has 0 bridgehead atoms. The van der Waals surface area contributed by atoms with E-state index < -0.39 is 0 Å². The summed E-state index contributed by atoms with van der Waals surface area (Å²) in [6.45, 7) is 5.55. The summed E-state index contributed by atoms with van der Waals surface area (Å²) in [4.78, 5) is 26.0. The number of carbonyl (C=O) groups is 2.